The molecule has 0 bridgehead atoms. The van der Waals surface area contributed by atoms with Gasteiger partial charge in [0.2, 0.25) is 5.78 Å². The maximum Gasteiger partial charge on any atom is 0.203 e. The normalized spacial score (nSPS) is 16.8. The second-order valence-corrected chi connectivity index (χ2v) is 3.87. The number of rotatable bonds is 4. The molecule has 0 amide bonds. The van der Waals surface area contributed by atoms with E-state index in [9.17, 15) is 9.18 Å². The molecule has 2 rings (SSSR count). The fourth-order valence-corrected chi connectivity index (χ4v) is 1.67. The number of alkyl halides is 1. The van der Waals surface area contributed by atoms with Gasteiger partial charge in [0.1, 0.15) is 11.9 Å². The van der Waals surface area contributed by atoms with Gasteiger partial charge in [-0.2, -0.15) is 0 Å². The van der Waals surface area contributed by atoms with Crippen LogP contribution in [-0.4, -0.2) is 34.9 Å². The zero-order valence-electron chi connectivity index (χ0n) is 8.90. The van der Waals surface area contributed by atoms with Gasteiger partial charge in [0, 0.05) is 19.6 Å². The number of hydrogen-bond donors (Lipinski definition) is 0. The van der Waals surface area contributed by atoms with Crippen LogP contribution < -0.4 is 0 Å². The summed E-state index contributed by atoms with van der Waals surface area (Å²) < 4.78 is 12.6. The lowest BCUT2D eigenvalue weighted by molar-refractivity contribution is 0.0580. The molecule has 84 valence electrons. The van der Waals surface area contributed by atoms with E-state index in [1.54, 1.807) is 12.1 Å². The molecule has 16 heavy (non-hydrogen) atoms. The molecule has 1 aromatic heterocycles. The summed E-state index contributed by atoms with van der Waals surface area (Å²) in [7, 11) is 0. The van der Waals surface area contributed by atoms with E-state index in [1.807, 2.05) is 11.0 Å². The third kappa shape index (κ3) is 2.33. The molecular weight excluding hydrogens is 207 g/mol. The van der Waals surface area contributed by atoms with Crippen molar-refractivity contribution >= 4 is 5.78 Å². The van der Waals surface area contributed by atoms with E-state index in [-0.39, 0.29) is 5.78 Å². The predicted octanol–water partition coefficient (Wildman–Crippen LogP) is 1.60. The number of allylic oxidation sites excluding steroid dienone is 1. The first kappa shape index (κ1) is 11.0. The van der Waals surface area contributed by atoms with Gasteiger partial charge < -0.3 is 0 Å². The lowest BCUT2D eigenvalue weighted by Crippen LogP contribution is -2.47. The molecule has 0 atom stereocenters. The van der Waals surface area contributed by atoms with Crippen LogP contribution in [0, 0.1) is 0 Å². The quantitative estimate of drug-likeness (QED) is 0.571. The van der Waals surface area contributed by atoms with Crippen molar-refractivity contribution in [3.05, 3.63) is 42.2 Å². The smallest absolute Gasteiger partial charge is 0.203 e. The van der Waals surface area contributed by atoms with Gasteiger partial charge in [-0.15, -0.1) is 0 Å². The molecular formula is C12H13FN2O. The van der Waals surface area contributed by atoms with Crippen LogP contribution in [0.4, 0.5) is 4.39 Å². The van der Waals surface area contributed by atoms with Gasteiger partial charge in [0.05, 0.1) is 5.69 Å². The highest BCUT2D eigenvalue weighted by atomic mass is 19.1. The summed E-state index contributed by atoms with van der Waals surface area (Å²) in [4.78, 5) is 17.5. The number of hydrogen-bond acceptors (Lipinski definition) is 3. The minimum atomic E-state index is -0.710. The largest absolute Gasteiger partial charge is 0.292 e. The van der Waals surface area contributed by atoms with Crippen molar-refractivity contribution in [2.45, 2.75) is 12.7 Å². The highest BCUT2D eigenvalue weighted by Gasteiger charge is 2.26. The van der Waals surface area contributed by atoms with Crippen molar-refractivity contribution in [3.8, 4) is 0 Å². The highest BCUT2D eigenvalue weighted by molar-refractivity contribution is 6.02. The summed E-state index contributed by atoms with van der Waals surface area (Å²) in [5.74, 6) is -0.186. The highest BCUT2D eigenvalue weighted by Crippen LogP contribution is 2.14. The summed E-state index contributed by atoms with van der Waals surface area (Å²) in [6, 6.07) is 5.28. The standard InChI is InChI=1S/C12H13FN2O/c1-2-12(16)11-5-3-4-10(14-11)8-15-6-9(13)7-15/h2-5,9H,1,6-8H2. The van der Waals surface area contributed by atoms with Gasteiger partial charge in [-0.1, -0.05) is 12.6 Å². The lowest BCUT2D eigenvalue weighted by Gasteiger charge is -2.33. The van der Waals surface area contributed by atoms with Crippen molar-refractivity contribution in [2.75, 3.05) is 13.1 Å². The number of likely N-dealkylation sites (tertiary alicyclic amines) is 1. The minimum absolute atomic E-state index is 0.186. The monoisotopic (exact) mass is 220 g/mol. The average Bonchev–Trinajstić information content (AvgIpc) is 2.26. The number of nitrogens with zero attached hydrogens (tertiary/aromatic N) is 2. The average molecular weight is 220 g/mol. The maximum absolute atomic E-state index is 12.6. The SMILES string of the molecule is C=CC(=O)c1cccc(CN2CC(F)C2)n1. The van der Waals surface area contributed by atoms with E-state index in [1.165, 1.54) is 6.08 Å². The van der Waals surface area contributed by atoms with E-state index >= 15 is 0 Å². The summed E-state index contributed by atoms with van der Waals surface area (Å²) >= 11 is 0. The summed E-state index contributed by atoms with van der Waals surface area (Å²) in [5, 5.41) is 0. The van der Waals surface area contributed by atoms with Crippen molar-refractivity contribution in [1.29, 1.82) is 0 Å². The zero-order chi connectivity index (χ0) is 11.5. The van der Waals surface area contributed by atoms with Crippen LogP contribution in [0.3, 0.4) is 0 Å². The first-order chi connectivity index (χ1) is 7.69. The molecule has 0 unspecified atom stereocenters. The molecule has 3 nitrogen and oxygen atoms in total. The van der Waals surface area contributed by atoms with Gasteiger partial charge in [0.25, 0.3) is 0 Å². The van der Waals surface area contributed by atoms with Crippen molar-refractivity contribution in [1.82, 2.24) is 9.88 Å². The second-order valence-electron chi connectivity index (χ2n) is 3.87. The van der Waals surface area contributed by atoms with Crippen molar-refractivity contribution < 1.29 is 9.18 Å². The fourth-order valence-electron chi connectivity index (χ4n) is 1.67. The number of ketones is 1. The molecule has 0 aromatic carbocycles. The van der Waals surface area contributed by atoms with Crippen LogP contribution in [0.5, 0.6) is 0 Å². The van der Waals surface area contributed by atoms with Crippen molar-refractivity contribution in [2.24, 2.45) is 0 Å². The molecule has 0 N–H and O–H groups in total. The summed E-state index contributed by atoms with van der Waals surface area (Å²) in [6.45, 7) is 4.93. The molecule has 1 aliphatic heterocycles. The van der Waals surface area contributed by atoms with Crippen molar-refractivity contribution in [3.63, 3.8) is 0 Å². The molecule has 1 saturated heterocycles. The fraction of sp³-hybridized carbons (Fsp3) is 0.333. The van der Waals surface area contributed by atoms with E-state index < -0.39 is 6.17 Å². The number of carbonyl (C=O) groups is 1. The molecule has 0 saturated carbocycles. The van der Waals surface area contributed by atoms with Gasteiger partial charge in [0.15, 0.2) is 0 Å². The molecule has 1 fully saturated rings. The Hall–Kier alpha value is -1.55. The predicted molar refractivity (Wildman–Crippen MR) is 58.9 cm³/mol. The third-order valence-electron chi connectivity index (χ3n) is 2.54. The van der Waals surface area contributed by atoms with E-state index in [0.29, 0.717) is 25.3 Å². The van der Waals surface area contributed by atoms with Crippen LogP contribution in [0.25, 0.3) is 0 Å². The van der Waals surface area contributed by atoms with Gasteiger partial charge in [-0.3, -0.25) is 9.69 Å². The Labute approximate surface area is 93.6 Å². The Balaban J connectivity index is 2.04. The molecule has 1 aliphatic rings. The molecule has 0 spiro atoms. The summed E-state index contributed by atoms with van der Waals surface area (Å²) in [5.41, 5.74) is 1.18. The van der Waals surface area contributed by atoms with Crippen LogP contribution >= 0.6 is 0 Å². The first-order valence-electron chi connectivity index (χ1n) is 5.18. The Bertz CT molecular complexity index is 413. The Morgan fingerprint density at radius 1 is 1.62 bits per heavy atom. The molecule has 4 heteroatoms. The van der Waals surface area contributed by atoms with Crippen LogP contribution in [0.15, 0.2) is 30.9 Å². The Kier molecular flexibility index (Phi) is 3.10. The lowest BCUT2D eigenvalue weighted by atomic mass is 10.1. The molecule has 1 aromatic rings. The molecule has 0 radical (unpaired) electrons. The topological polar surface area (TPSA) is 33.2 Å². The van der Waals surface area contributed by atoms with Gasteiger partial charge in [-0.25, -0.2) is 9.37 Å². The number of halogens is 1. The maximum atomic E-state index is 12.6. The van der Waals surface area contributed by atoms with Crippen LogP contribution in [0.2, 0.25) is 0 Å². The van der Waals surface area contributed by atoms with Gasteiger partial charge in [-0.05, 0) is 18.2 Å². The first-order valence-corrected chi connectivity index (χ1v) is 5.18. The Morgan fingerprint density at radius 3 is 3.00 bits per heavy atom. The third-order valence-corrected chi connectivity index (χ3v) is 2.54. The van der Waals surface area contributed by atoms with E-state index in [2.05, 4.69) is 11.6 Å². The molecule has 0 aliphatic carbocycles. The Morgan fingerprint density at radius 2 is 2.38 bits per heavy atom. The second kappa shape index (κ2) is 4.53. The van der Waals surface area contributed by atoms with E-state index in [0.717, 1.165) is 5.69 Å². The summed E-state index contributed by atoms with van der Waals surface area (Å²) in [6.07, 6.45) is 0.533. The number of aromatic nitrogens is 1. The number of carbonyl (C=O) groups excluding carboxylic acids is 1. The zero-order valence-corrected chi connectivity index (χ0v) is 8.90. The van der Waals surface area contributed by atoms with Gasteiger partial charge >= 0.3 is 0 Å². The van der Waals surface area contributed by atoms with E-state index in [4.69, 9.17) is 0 Å². The van der Waals surface area contributed by atoms with Crippen LogP contribution in [0.1, 0.15) is 16.2 Å². The minimum Gasteiger partial charge on any atom is -0.292 e. The molecule has 2 heterocycles. The number of pyridine rings is 1. The van der Waals surface area contributed by atoms with Crippen LogP contribution in [-0.2, 0) is 6.54 Å².